The number of aryl methyl sites for hydroxylation is 5. The molecule has 0 fully saturated rings. The molecule has 0 bridgehead atoms. The van der Waals surface area contributed by atoms with Crippen LogP contribution in [0.4, 0.5) is 11.4 Å². The average Bonchev–Trinajstić information content (AvgIpc) is 3.70. The summed E-state index contributed by atoms with van der Waals surface area (Å²) in [5.74, 6) is -0.330. The maximum atomic E-state index is 14.3. The molecule has 0 radical (unpaired) electrons. The van der Waals surface area contributed by atoms with Crippen molar-refractivity contribution in [2.75, 3.05) is 37.0 Å². The average molecular weight is 741 g/mol. The highest BCUT2D eigenvalue weighted by Gasteiger charge is 2.47. The van der Waals surface area contributed by atoms with Gasteiger partial charge in [-0.25, -0.2) is 4.79 Å². The number of fused-ring (bicyclic) bond motifs is 3. The summed E-state index contributed by atoms with van der Waals surface area (Å²) in [4.78, 5) is 18.6. The molecule has 2 aromatic heterocycles. The molecule has 1 unspecified atom stereocenters. The van der Waals surface area contributed by atoms with Crippen molar-refractivity contribution in [2.45, 2.75) is 81.0 Å². The number of nitrogens with zero attached hydrogens (tertiary/aromatic N) is 4. The quantitative estimate of drug-likeness (QED) is 0.131. The molecule has 7 heteroatoms. The predicted molar refractivity (Wildman–Crippen MR) is 228 cm³/mol. The molecule has 7 rings (SSSR count). The van der Waals surface area contributed by atoms with Crippen LogP contribution in [-0.4, -0.2) is 42.3 Å². The molecule has 3 heterocycles. The Morgan fingerprint density at radius 1 is 0.741 bits per heavy atom. The number of hydrogen-bond acceptors (Lipinski definition) is 4. The zero-order chi connectivity index (χ0) is 38.8. The van der Waals surface area contributed by atoms with Crippen LogP contribution in [0.2, 0.25) is 5.02 Å². The second kappa shape index (κ2) is 14.0. The highest BCUT2D eigenvalue weighted by Crippen LogP contribution is 2.50. The zero-order valence-corrected chi connectivity index (χ0v) is 34.5. The van der Waals surface area contributed by atoms with Gasteiger partial charge in [0.15, 0.2) is 5.60 Å². The van der Waals surface area contributed by atoms with E-state index in [-0.39, 0.29) is 5.97 Å². The van der Waals surface area contributed by atoms with Gasteiger partial charge in [0.2, 0.25) is 0 Å². The molecule has 0 spiro atoms. The first-order valence-corrected chi connectivity index (χ1v) is 19.7. The van der Waals surface area contributed by atoms with E-state index in [9.17, 15) is 4.79 Å². The number of rotatable bonds is 10. The fourth-order valence-corrected chi connectivity index (χ4v) is 9.48. The van der Waals surface area contributed by atoms with E-state index < -0.39 is 5.60 Å². The van der Waals surface area contributed by atoms with E-state index in [1.807, 2.05) is 25.1 Å². The Balaban J connectivity index is 1.68. The predicted octanol–water partition coefficient (Wildman–Crippen LogP) is 11.3. The second-order valence-corrected chi connectivity index (χ2v) is 15.5. The molecule has 1 aliphatic rings. The molecule has 4 aromatic carbocycles. The van der Waals surface area contributed by atoms with E-state index in [1.165, 1.54) is 33.2 Å². The molecule has 1 atom stereocenters. The van der Waals surface area contributed by atoms with Gasteiger partial charge in [-0.15, -0.1) is 0 Å². The Bertz CT molecular complexity index is 2380. The van der Waals surface area contributed by atoms with Crippen LogP contribution in [0.5, 0.6) is 0 Å². The fraction of sp³-hybridized carbons (Fsp3) is 0.340. The number of aromatic nitrogens is 2. The first-order valence-electron chi connectivity index (χ1n) is 19.3. The summed E-state index contributed by atoms with van der Waals surface area (Å²) >= 11 is 6.92. The Morgan fingerprint density at radius 2 is 1.30 bits per heavy atom. The summed E-state index contributed by atoms with van der Waals surface area (Å²) < 4.78 is 11.7. The summed E-state index contributed by atoms with van der Waals surface area (Å²) in [5, 5.41) is 2.98. The third kappa shape index (κ3) is 5.72. The lowest BCUT2D eigenvalue weighted by molar-refractivity contribution is 0.0276. The number of carbonyl (C=O) groups is 1. The van der Waals surface area contributed by atoms with Crippen LogP contribution in [0, 0.1) is 34.6 Å². The highest BCUT2D eigenvalue weighted by molar-refractivity contribution is 6.31. The summed E-state index contributed by atoms with van der Waals surface area (Å²) in [7, 11) is 3.99. The number of halogens is 1. The molecule has 280 valence electrons. The Labute approximate surface area is 325 Å². The number of esters is 1. The lowest BCUT2D eigenvalue weighted by atomic mass is 9.80. The van der Waals surface area contributed by atoms with Gasteiger partial charge >= 0.3 is 5.97 Å². The van der Waals surface area contributed by atoms with E-state index in [0.29, 0.717) is 10.6 Å². The van der Waals surface area contributed by atoms with Crippen LogP contribution < -0.4 is 9.80 Å². The number of benzene rings is 4. The number of ether oxygens (including phenoxy) is 1. The van der Waals surface area contributed by atoms with Crippen LogP contribution in [0.15, 0.2) is 72.8 Å². The van der Waals surface area contributed by atoms with Gasteiger partial charge in [-0.2, -0.15) is 0 Å². The van der Waals surface area contributed by atoms with Crippen molar-refractivity contribution in [3.8, 4) is 0 Å². The van der Waals surface area contributed by atoms with Gasteiger partial charge in [0.05, 0.1) is 16.6 Å². The number of hydrogen-bond donors (Lipinski definition) is 0. The smallest absolute Gasteiger partial charge is 0.340 e. The summed E-state index contributed by atoms with van der Waals surface area (Å²) in [6.07, 6.45) is 2.26. The molecule has 0 amide bonds. The van der Waals surface area contributed by atoms with Crippen LogP contribution in [0.3, 0.4) is 0 Å². The van der Waals surface area contributed by atoms with Crippen LogP contribution in [0.1, 0.15) is 88.4 Å². The topological polar surface area (TPSA) is 42.6 Å². The molecule has 0 aliphatic carbocycles. The van der Waals surface area contributed by atoms with E-state index in [1.54, 1.807) is 0 Å². The van der Waals surface area contributed by atoms with Crippen molar-refractivity contribution >= 4 is 56.3 Å². The lowest BCUT2D eigenvalue weighted by Gasteiger charge is -2.29. The molecule has 0 N–H and O–H groups in total. The van der Waals surface area contributed by atoms with E-state index in [4.69, 9.17) is 16.3 Å². The van der Waals surface area contributed by atoms with Crippen LogP contribution >= 0.6 is 11.6 Å². The van der Waals surface area contributed by atoms with Crippen LogP contribution in [-0.2, 0) is 23.4 Å². The largest absolute Gasteiger partial charge is 0.441 e. The first-order chi connectivity index (χ1) is 25.8. The zero-order valence-electron chi connectivity index (χ0n) is 33.7. The van der Waals surface area contributed by atoms with Gasteiger partial charge in [0.25, 0.3) is 0 Å². The minimum absolute atomic E-state index is 0.330. The SMILES string of the molecule is CCN(CC)c1ccc(C2(C=C(c3c(C)n(CC)c4c(C)cc(C)cc34)c3c(C)n(CC)c4c(C)cc(Cl)cc34)OC(=O)c3cc(N(C)C)ccc32)cc1. The third-order valence-corrected chi connectivity index (χ3v) is 11.9. The van der Waals surface area contributed by atoms with Gasteiger partial charge < -0.3 is 23.7 Å². The van der Waals surface area contributed by atoms with E-state index >= 15 is 0 Å². The Hall–Kier alpha value is -4.94. The van der Waals surface area contributed by atoms with Crippen molar-refractivity contribution in [1.82, 2.24) is 9.13 Å². The van der Waals surface area contributed by atoms with Gasteiger partial charge in [-0.3, -0.25) is 0 Å². The van der Waals surface area contributed by atoms with Gasteiger partial charge in [-0.1, -0.05) is 41.4 Å². The van der Waals surface area contributed by atoms with Crippen molar-refractivity contribution in [2.24, 2.45) is 0 Å². The molecule has 0 saturated carbocycles. The van der Waals surface area contributed by atoms with Crippen molar-refractivity contribution in [1.29, 1.82) is 0 Å². The summed E-state index contributed by atoms with van der Waals surface area (Å²) in [6, 6.07) is 23.5. The maximum Gasteiger partial charge on any atom is 0.340 e. The molecule has 6 nitrogen and oxygen atoms in total. The third-order valence-electron chi connectivity index (χ3n) is 11.7. The number of carbonyl (C=O) groups excluding carboxylic acids is 1. The van der Waals surface area contributed by atoms with Crippen molar-refractivity contribution in [3.63, 3.8) is 0 Å². The minimum atomic E-state index is -1.22. The first kappa shape index (κ1) is 37.4. The lowest BCUT2D eigenvalue weighted by Crippen LogP contribution is -2.27. The monoisotopic (exact) mass is 740 g/mol. The number of anilines is 2. The van der Waals surface area contributed by atoms with E-state index in [2.05, 4.69) is 143 Å². The van der Waals surface area contributed by atoms with Crippen LogP contribution in [0.25, 0.3) is 27.4 Å². The normalized spacial score (nSPS) is 15.7. The van der Waals surface area contributed by atoms with E-state index in [0.717, 1.165) is 82.0 Å². The summed E-state index contributed by atoms with van der Waals surface area (Å²) in [5.41, 5.74) is 14.7. The highest BCUT2D eigenvalue weighted by atomic mass is 35.5. The molecule has 0 saturated heterocycles. The van der Waals surface area contributed by atoms with Gasteiger partial charge in [0, 0.05) is 101 Å². The summed E-state index contributed by atoms with van der Waals surface area (Å²) in [6.45, 7) is 23.2. The van der Waals surface area contributed by atoms with Crippen molar-refractivity contribution < 1.29 is 9.53 Å². The molecular weight excluding hydrogens is 688 g/mol. The van der Waals surface area contributed by atoms with Gasteiger partial charge in [0.1, 0.15) is 0 Å². The molecule has 6 aromatic rings. The number of cyclic esters (lactones) is 1. The van der Waals surface area contributed by atoms with Crippen molar-refractivity contribution in [3.05, 3.63) is 134 Å². The standard InChI is InChI=1S/C47H53ClN4O2/c1-12-50(13-2)35-18-16-33(17-19-35)47(41-21-20-36(49(10)11)26-37(41)46(53)54-47)27-40(42-31(8)51(14-3)44-29(6)22-28(5)23-38(42)44)43-32(9)52(15-4)45-30(7)24-34(48)25-39(43)45/h16-27H,12-15H2,1-11H3. The Kier molecular flexibility index (Phi) is 9.72. The maximum absolute atomic E-state index is 14.3. The molecule has 1 aliphatic heterocycles. The second-order valence-electron chi connectivity index (χ2n) is 15.0. The molecular formula is C47H53ClN4O2. The fourth-order valence-electron chi connectivity index (χ4n) is 9.20. The Morgan fingerprint density at radius 3 is 1.85 bits per heavy atom. The van der Waals surface area contributed by atoms with Gasteiger partial charge in [-0.05, 0) is 128 Å². The molecule has 54 heavy (non-hydrogen) atoms. The minimum Gasteiger partial charge on any atom is -0.441 e.